The van der Waals surface area contributed by atoms with E-state index in [1.54, 1.807) is 18.4 Å². The number of benzene rings is 1. The van der Waals surface area contributed by atoms with Gasteiger partial charge in [0.1, 0.15) is 0 Å². The number of aromatic nitrogens is 1. The zero-order valence-corrected chi connectivity index (χ0v) is 15.1. The summed E-state index contributed by atoms with van der Waals surface area (Å²) in [6.45, 7) is 4.91. The van der Waals surface area contributed by atoms with Gasteiger partial charge in [0.2, 0.25) is 5.91 Å². The normalized spacial score (nSPS) is 14.9. The standard InChI is InChI=1S/C18H23N3O2S/c1-11(18-12(2)20-17(24-18)8-9-23-3)19-14-5-6-15-13(10-14)4-7-16(22)21-15/h5-6,10-11,19H,4,7-9H2,1-3H3,(H,21,22)/t11-/m0/s1. The van der Waals surface area contributed by atoms with Crippen LogP contribution < -0.4 is 10.6 Å². The van der Waals surface area contributed by atoms with Crippen LogP contribution in [0.1, 0.15) is 40.5 Å². The van der Waals surface area contributed by atoms with Crippen LogP contribution in [0, 0.1) is 6.92 Å². The van der Waals surface area contributed by atoms with Gasteiger partial charge in [-0.15, -0.1) is 11.3 Å². The number of nitrogens with zero attached hydrogens (tertiary/aromatic N) is 1. The largest absolute Gasteiger partial charge is 0.384 e. The van der Waals surface area contributed by atoms with Gasteiger partial charge in [0.25, 0.3) is 0 Å². The van der Waals surface area contributed by atoms with E-state index in [2.05, 4.69) is 35.5 Å². The fraction of sp³-hybridized carbons (Fsp3) is 0.444. The molecule has 24 heavy (non-hydrogen) atoms. The Bertz CT molecular complexity index is 742. The maximum Gasteiger partial charge on any atom is 0.224 e. The molecular weight excluding hydrogens is 322 g/mol. The summed E-state index contributed by atoms with van der Waals surface area (Å²) in [5, 5.41) is 7.59. The number of amides is 1. The highest BCUT2D eigenvalue weighted by atomic mass is 32.1. The Balaban J connectivity index is 1.72. The Kier molecular flexibility index (Phi) is 5.16. The van der Waals surface area contributed by atoms with Gasteiger partial charge in [0, 0.05) is 36.2 Å². The smallest absolute Gasteiger partial charge is 0.224 e. The number of hydrogen-bond acceptors (Lipinski definition) is 5. The van der Waals surface area contributed by atoms with E-state index in [0.29, 0.717) is 13.0 Å². The summed E-state index contributed by atoms with van der Waals surface area (Å²) in [7, 11) is 1.71. The molecular formula is C18H23N3O2S. The maximum absolute atomic E-state index is 11.4. The van der Waals surface area contributed by atoms with Gasteiger partial charge in [-0.05, 0) is 44.0 Å². The molecule has 0 spiro atoms. The molecule has 1 aromatic heterocycles. The lowest BCUT2D eigenvalue weighted by atomic mass is 10.0. The first-order chi connectivity index (χ1) is 11.6. The SMILES string of the molecule is COCCc1nc(C)c([C@H](C)Nc2ccc3c(c2)CCC(=O)N3)s1. The van der Waals surface area contributed by atoms with Gasteiger partial charge in [-0.1, -0.05) is 0 Å². The summed E-state index contributed by atoms with van der Waals surface area (Å²) in [6, 6.07) is 6.32. The molecule has 6 heteroatoms. The highest BCUT2D eigenvalue weighted by Crippen LogP contribution is 2.31. The number of methoxy groups -OCH3 is 1. The molecule has 5 nitrogen and oxygen atoms in total. The van der Waals surface area contributed by atoms with Crippen LogP contribution in [0.15, 0.2) is 18.2 Å². The summed E-state index contributed by atoms with van der Waals surface area (Å²) in [5.41, 5.74) is 4.27. The zero-order chi connectivity index (χ0) is 17.1. The van der Waals surface area contributed by atoms with Crippen molar-refractivity contribution in [2.24, 2.45) is 0 Å². The van der Waals surface area contributed by atoms with E-state index in [1.165, 1.54) is 10.4 Å². The topological polar surface area (TPSA) is 63.2 Å². The Morgan fingerprint density at radius 3 is 3.04 bits per heavy atom. The summed E-state index contributed by atoms with van der Waals surface area (Å²) < 4.78 is 5.13. The number of carbonyl (C=O) groups is 1. The first-order valence-corrected chi connectivity index (χ1v) is 9.03. The van der Waals surface area contributed by atoms with Crippen molar-refractivity contribution >= 4 is 28.6 Å². The molecule has 1 aliphatic heterocycles. The minimum Gasteiger partial charge on any atom is -0.384 e. The lowest BCUT2D eigenvalue weighted by Crippen LogP contribution is -2.19. The highest BCUT2D eigenvalue weighted by molar-refractivity contribution is 7.11. The van der Waals surface area contributed by atoms with E-state index < -0.39 is 0 Å². The average Bonchev–Trinajstić information content (AvgIpc) is 2.94. The van der Waals surface area contributed by atoms with Gasteiger partial charge in [-0.25, -0.2) is 4.98 Å². The molecule has 1 amide bonds. The number of carbonyl (C=O) groups excluding carboxylic acids is 1. The van der Waals surface area contributed by atoms with E-state index >= 15 is 0 Å². The van der Waals surface area contributed by atoms with Crippen molar-refractivity contribution in [3.8, 4) is 0 Å². The van der Waals surface area contributed by atoms with Gasteiger partial charge in [-0.2, -0.15) is 0 Å². The van der Waals surface area contributed by atoms with Crippen LogP contribution in [0.5, 0.6) is 0 Å². The predicted molar refractivity (Wildman–Crippen MR) is 97.9 cm³/mol. The minimum absolute atomic E-state index is 0.0976. The van der Waals surface area contributed by atoms with E-state index in [9.17, 15) is 4.79 Å². The van der Waals surface area contributed by atoms with Gasteiger partial charge < -0.3 is 15.4 Å². The van der Waals surface area contributed by atoms with Crippen molar-refractivity contribution in [3.05, 3.63) is 39.3 Å². The average molecular weight is 345 g/mol. The maximum atomic E-state index is 11.4. The fourth-order valence-corrected chi connectivity index (χ4v) is 4.00. The zero-order valence-electron chi connectivity index (χ0n) is 14.3. The van der Waals surface area contributed by atoms with Crippen LogP contribution in [0.4, 0.5) is 11.4 Å². The summed E-state index contributed by atoms with van der Waals surface area (Å²) in [5.74, 6) is 0.0976. The molecule has 2 aromatic rings. The van der Waals surface area contributed by atoms with Crippen molar-refractivity contribution in [1.82, 2.24) is 4.98 Å². The van der Waals surface area contributed by atoms with Gasteiger partial charge in [0.15, 0.2) is 0 Å². The summed E-state index contributed by atoms with van der Waals surface area (Å²) >= 11 is 1.75. The Morgan fingerprint density at radius 2 is 2.25 bits per heavy atom. The number of ether oxygens (including phenoxy) is 1. The molecule has 128 valence electrons. The Labute approximate surface area is 146 Å². The second-order valence-corrected chi connectivity index (χ2v) is 7.20. The number of hydrogen-bond donors (Lipinski definition) is 2. The number of rotatable bonds is 6. The van der Waals surface area contributed by atoms with Crippen molar-refractivity contribution in [2.45, 2.75) is 39.2 Å². The van der Waals surface area contributed by atoms with Crippen LogP contribution in [0.2, 0.25) is 0 Å². The molecule has 0 saturated carbocycles. The number of thiazole rings is 1. The molecule has 0 bridgehead atoms. The summed E-state index contributed by atoms with van der Waals surface area (Å²) in [4.78, 5) is 17.3. The molecule has 1 atom stereocenters. The molecule has 2 N–H and O–H groups in total. The molecule has 1 aliphatic rings. The van der Waals surface area contributed by atoms with E-state index in [4.69, 9.17) is 4.74 Å². The molecule has 0 fully saturated rings. The van der Waals surface area contributed by atoms with Gasteiger partial charge >= 0.3 is 0 Å². The third-order valence-electron chi connectivity index (χ3n) is 4.17. The Morgan fingerprint density at radius 1 is 1.42 bits per heavy atom. The van der Waals surface area contributed by atoms with Crippen LogP contribution in [-0.2, 0) is 22.4 Å². The number of anilines is 2. The second kappa shape index (κ2) is 7.32. The summed E-state index contributed by atoms with van der Waals surface area (Å²) in [6.07, 6.45) is 2.21. The van der Waals surface area contributed by atoms with Crippen LogP contribution >= 0.6 is 11.3 Å². The molecule has 0 radical (unpaired) electrons. The van der Waals surface area contributed by atoms with Gasteiger partial charge in [-0.3, -0.25) is 4.79 Å². The second-order valence-electron chi connectivity index (χ2n) is 6.09. The van der Waals surface area contributed by atoms with E-state index in [0.717, 1.165) is 34.9 Å². The van der Waals surface area contributed by atoms with E-state index in [-0.39, 0.29) is 11.9 Å². The highest BCUT2D eigenvalue weighted by Gasteiger charge is 2.17. The third kappa shape index (κ3) is 3.76. The molecule has 3 rings (SSSR count). The number of aryl methyl sites for hydroxylation is 2. The first kappa shape index (κ1) is 16.9. The molecule has 0 aliphatic carbocycles. The first-order valence-electron chi connectivity index (χ1n) is 8.21. The van der Waals surface area contributed by atoms with Crippen molar-refractivity contribution in [2.75, 3.05) is 24.4 Å². The van der Waals surface area contributed by atoms with Crippen molar-refractivity contribution in [1.29, 1.82) is 0 Å². The molecule has 2 heterocycles. The monoisotopic (exact) mass is 345 g/mol. The quantitative estimate of drug-likeness (QED) is 0.838. The number of fused-ring (bicyclic) bond motifs is 1. The van der Waals surface area contributed by atoms with Gasteiger partial charge in [0.05, 0.1) is 23.4 Å². The fourth-order valence-electron chi connectivity index (χ4n) is 2.95. The third-order valence-corrected chi connectivity index (χ3v) is 5.57. The molecule has 1 aromatic carbocycles. The lowest BCUT2D eigenvalue weighted by Gasteiger charge is -2.20. The molecule has 0 unspecified atom stereocenters. The Hall–Kier alpha value is -1.92. The van der Waals surface area contributed by atoms with Crippen molar-refractivity contribution in [3.63, 3.8) is 0 Å². The van der Waals surface area contributed by atoms with Crippen molar-refractivity contribution < 1.29 is 9.53 Å². The van der Waals surface area contributed by atoms with Crippen LogP contribution in [-0.4, -0.2) is 24.6 Å². The van der Waals surface area contributed by atoms with Crippen LogP contribution in [0.25, 0.3) is 0 Å². The predicted octanol–water partition coefficient (Wildman–Crippen LogP) is 3.70. The van der Waals surface area contributed by atoms with Crippen LogP contribution in [0.3, 0.4) is 0 Å². The number of nitrogens with one attached hydrogen (secondary N) is 2. The lowest BCUT2D eigenvalue weighted by molar-refractivity contribution is -0.116. The minimum atomic E-state index is 0.0976. The van der Waals surface area contributed by atoms with E-state index in [1.807, 2.05) is 12.1 Å². The molecule has 0 saturated heterocycles.